The molecule has 4 aliphatic rings. The molecule has 0 radical (unpaired) electrons. The normalized spacial score (nSPS) is 28.3. The molecule has 2 saturated carbocycles. The van der Waals surface area contributed by atoms with Crippen molar-refractivity contribution in [3.05, 3.63) is 42.2 Å². The van der Waals surface area contributed by atoms with Crippen LogP contribution in [-0.4, -0.2) is 93.3 Å². The summed E-state index contributed by atoms with van der Waals surface area (Å²) in [5, 5.41) is 15.2. The second kappa shape index (κ2) is 13.8. The Kier molecular flexibility index (Phi) is 9.76. The van der Waals surface area contributed by atoms with Crippen LogP contribution in [0.25, 0.3) is 5.69 Å². The third-order valence-corrected chi connectivity index (χ3v) is 11.5. The molecule has 0 spiro atoms. The summed E-state index contributed by atoms with van der Waals surface area (Å²) in [4.78, 5) is 58.5. The molecule has 1 aromatic carbocycles. The van der Waals surface area contributed by atoms with Crippen LogP contribution in [0.4, 0.5) is 0 Å². The lowest BCUT2D eigenvalue weighted by atomic mass is 9.98. The van der Waals surface area contributed by atoms with Crippen molar-refractivity contribution < 1.29 is 37.1 Å². The minimum absolute atomic E-state index is 0.0170. The fourth-order valence-corrected chi connectivity index (χ4v) is 8.02. The molecule has 1 saturated heterocycles. The average Bonchev–Trinajstić information content (AvgIpc) is 3.93. The Hall–Kier alpha value is -4.34. The first-order chi connectivity index (χ1) is 23.7. The van der Waals surface area contributed by atoms with Crippen LogP contribution in [0.1, 0.15) is 90.3 Å². The van der Waals surface area contributed by atoms with E-state index in [-0.39, 0.29) is 25.8 Å². The number of hydrogen-bond donors (Lipinski definition) is 2. The highest BCUT2D eigenvalue weighted by Gasteiger charge is 2.62. The van der Waals surface area contributed by atoms with Gasteiger partial charge in [-0.2, -0.15) is 0 Å². The predicted octanol–water partition coefficient (Wildman–Crippen LogP) is 2.32. The highest BCUT2D eigenvalue weighted by Crippen LogP contribution is 2.46. The number of methoxy groups -OCH3 is 1. The molecule has 2 aliphatic heterocycles. The maximum atomic E-state index is 14.4. The predicted molar refractivity (Wildman–Crippen MR) is 179 cm³/mol. The van der Waals surface area contributed by atoms with E-state index in [1.807, 2.05) is 12.2 Å². The van der Waals surface area contributed by atoms with Crippen LogP contribution in [0.5, 0.6) is 5.75 Å². The van der Waals surface area contributed by atoms with Crippen molar-refractivity contribution in [3.8, 4) is 11.4 Å². The number of carbonyl (C=O) groups is 4. The van der Waals surface area contributed by atoms with Gasteiger partial charge in [0.1, 0.15) is 28.8 Å². The van der Waals surface area contributed by atoms with Gasteiger partial charge < -0.3 is 19.7 Å². The standard InChI is InChI=1S/C34H45N7O8S/c1-33(2,3)49-31(44)26-11-9-7-5-6-8-10-22-19-34(22,32(45)38-50(46,47)25-16-17-25)35-29(42)27-18-21(20-40(27)30(26)43)28-36-39-41(37-28)23-12-14-24(48-4)15-13-23/h8,10,12-15,21-22,25-27H,5-7,9,11,16-20H2,1-4H3,(H,35,42)(H,38,45)/b10-8-/t21-,22+,26+,27+,34-/m1/s1. The molecule has 2 aliphatic carbocycles. The Morgan fingerprint density at radius 3 is 2.48 bits per heavy atom. The molecule has 3 heterocycles. The van der Waals surface area contributed by atoms with E-state index in [2.05, 4.69) is 25.4 Å². The Bertz CT molecular complexity index is 1770. The van der Waals surface area contributed by atoms with Crippen LogP contribution in [0.2, 0.25) is 0 Å². The molecule has 3 amide bonds. The second-order valence-corrected chi connectivity index (χ2v) is 16.6. The van der Waals surface area contributed by atoms with Crippen molar-refractivity contribution >= 4 is 33.7 Å². The second-order valence-electron chi connectivity index (χ2n) is 14.7. The van der Waals surface area contributed by atoms with Crippen LogP contribution >= 0.6 is 0 Å². The summed E-state index contributed by atoms with van der Waals surface area (Å²) in [6, 6.07) is 5.93. The summed E-state index contributed by atoms with van der Waals surface area (Å²) in [6.45, 7) is 5.21. The smallest absolute Gasteiger partial charge is 0.319 e. The first-order valence-electron chi connectivity index (χ1n) is 17.2. The Morgan fingerprint density at radius 2 is 1.80 bits per heavy atom. The molecular weight excluding hydrogens is 666 g/mol. The van der Waals surface area contributed by atoms with Crippen LogP contribution in [0.3, 0.4) is 0 Å². The van der Waals surface area contributed by atoms with Gasteiger partial charge in [0.15, 0.2) is 5.82 Å². The zero-order chi connectivity index (χ0) is 35.8. The van der Waals surface area contributed by atoms with Crippen molar-refractivity contribution in [2.75, 3.05) is 13.7 Å². The average molecular weight is 712 g/mol. The molecule has 270 valence electrons. The number of nitrogens with zero attached hydrogens (tertiary/aromatic N) is 5. The third kappa shape index (κ3) is 7.69. The monoisotopic (exact) mass is 711 g/mol. The first-order valence-corrected chi connectivity index (χ1v) is 18.8. The maximum absolute atomic E-state index is 14.4. The maximum Gasteiger partial charge on any atom is 0.319 e. The lowest BCUT2D eigenvalue weighted by Crippen LogP contribution is -2.57. The number of aromatic nitrogens is 4. The minimum Gasteiger partial charge on any atom is -0.497 e. The largest absolute Gasteiger partial charge is 0.497 e. The zero-order valence-electron chi connectivity index (χ0n) is 28.8. The number of sulfonamides is 1. The fourth-order valence-electron chi connectivity index (χ4n) is 6.66. The minimum atomic E-state index is -3.88. The number of tetrazole rings is 1. The van der Waals surface area contributed by atoms with Crippen molar-refractivity contribution in [2.45, 2.75) is 107 Å². The van der Waals surface area contributed by atoms with Gasteiger partial charge in [-0.3, -0.25) is 23.9 Å². The van der Waals surface area contributed by atoms with Gasteiger partial charge in [-0.15, -0.1) is 15.0 Å². The molecule has 16 heteroatoms. The highest BCUT2D eigenvalue weighted by molar-refractivity contribution is 7.91. The zero-order valence-corrected chi connectivity index (χ0v) is 29.6. The van der Waals surface area contributed by atoms with E-state index < -0.39 is 73.9 Å². The summed E-state index contributed by atoms with van der Waals surface area (Å²) in [5.74, 6) is -3.79. The van der Waals surface area contributed by atoms with Gasteiger partial charge in [-0.05, 0) is 95.2 Å². The molecule has 2 N–H and O–H groups in total. The number of hydrogen-bond acceptors (Lipinski definition) is 11. The summed E-state index contributed by atoms with van der Waals surface area (Å²) < 4.78 is 38.6. The van der Waals surface area contributed by atoms with E-state index in [4.69, 9.17) is 9.47 Å². The Balaban J connectivity index is 1.31. The van der Waals surface area contributed by atoms with Gasteiger partial charge in [0.25, 0.3) is 5.91 Å². The van der Waals surface area contributed by atoms with Crippen molar-refractivity contribution in [1.29, 1.82) is 0 Å². The summed E-state index contributed by atoms with van der Waals surface area (Å²) in [5.41, 5.74) is -1.71. The van der Waals surface area contributed by atoms with Crippen LogP contribution in [0, 0.1) is 11.8 Å². The SMILES string of the molecule is COc1ccc(-n2nnc([C@@H]3C[C@H]4C(=O)N[C@]5(C(=O)NS(=O)(=O)C6CC6)C[C@@H]5/C=C\CCCCC[C@H](C(=O)OC(C)(C)C)C(=O)N4C3)n2)cc1. The van der Waals surface area contributed by atoms with Crippen LogP contribution in [0.15, 0.2) is 36.4 Å². The number of esters is 1. The van der Waals surface area contributed by atoms with Gasteiger partial charge in [0.2, 0.25) is 21.8 Å². The number of allylic oxidation sites excluding steroid dienone is 1. The van der Waals surface area contributed by atoms with Gasteiger partial charge in [-0.25, -0.2) is 8.42 Å². The van der Waals surface area contributed by atoms with E-state index in [9.17, 15) is 27.6 Å². The van der Waals surface area contributed by atoms with Crippen molar-refractivity contribution in [3.63, 3.8) is 0 Å². The summed E-state index contributed by atoms with van der Waals surface area (Å²) >= 11 is 0. The number of ether oxygens (including phenoxy) is 2. The molecule has 5 atom stereocenters. The number of amides is 3. The quantitative estimate of drug-likeness (QED) is 0.243. The number of fused-ring (bicyclic) bond motifs is 2. The number of nitrogens with one attached hydrogen (secondary N) is 2. The molecule has 0 unspecified atom stereocenters. The third-order valence-electron chi connectivity index (χ3n) is 9.67. The molecule has 2 aromatic rings. The summed E-state index contributed by atoms with van der Waals surface area (Å²) in [7, 11) is -2.32. The number of carbonyl (C=O) groups excluding carboxylic acids is 4. The van der Waals surface area contributed by atoms with E-state index in [0.29, 0.717) is 42.9 Å². The van der Waals surface area contributed by atoms with E-state index in [1.54, 1.807) is 52.1 Å². The number of benzene rings is 1. The van der Waals surface area contributed by atoms with Crippen molar-refractivity contribution in [1.82, 2.24) is 35.1 Å². The lowest BCUT2D eigenvalue weighted by molar-refractivity contribution is -0.166. The molecule has 15 nitrogen and oxygen atoms in total. The fraction of sp³-hybridized carbons (Fsp3) is 0.618. The lowest BCUT2D eigenvalue weighted by Gasteiger charge is -2.30. The molecular formula is C34H45N7O8S. The topological polar surface area (TPSA) is 192 Å². The van der Waals surface area contributed by atoms with Gasteiger partial charge >= 0.3 is 5.97 Å². The molecule has 1 aromatic heterocycles. The van der Waals surface area contributed by atoms with E-state index >= 15 is 0 Å². The van der Waals surface area contributed by atoms with Gasteiger partial charge in [0.05, 0.1) is 18.0 Å². The molecule has 6 rings (SSSR count). The van der Waals surface area contributed by atoms with Crippen molar-refractivity contribution in [2.24, 2.45) is 11.8 Å². The van der Waals surface area contributed by atoms with E-state index in [0.717, 1.165) is 12.8 Å². The van der Waals surface area contributed by atoms with Crippen LogP contribution in [-0.2, 0) is 33.9 Å². The molecule has 3 fully saturated rings. The Labute approximate surface area is 291 Å². The number of rotatable bonds is 7. The van der Waals surface area contributed by atoms with Gasteiger partial charge in [0, 0.05) is 18.4 Å². The highest BCUT2D eigenvalue weighted by atomic mass is 32.2. The Morgan fingerprint density at radius 1 is 1.06 bits per heavy atom. The van der Waals surface area contributed by atoms with Crippen LogP contribution < -0.4 is 14.8 Å². The first kappa shape index (κ1) is 35.5. The van der Waals surface area contributed by atoms with Gasteiger partial charge in [-0.1, -0.05) is 25.0 Å². The summed E-state index contributed by atoms with van der Waals surface area (Å²) in [6.07, 6.45) is 8.09. The van der Waals surface area contributed by atoms with E-state index in [1.165, 1.54) is 9.70 Å². The molecule has 0 bridgehead atoms. The molecule has 50 heavy (non-hydrogen) atoms.